The molecular weight excluding hydrogens is 319 g/mol. The Labute approximate surface area is 141 Å². The first kappa shape index (κ1) is 17.2. The molecule has 2 rings (SSSR count). The molecule has 0 bridgehead atoms. The van der Waals surface area contributed by atoms with Crippen LogP contribution < -0.4 is 5.32 Å². The predicted molar refractivity (Wildman–Crippen MR) is 94.0 cm³/mol. The molecule has 22 heavy (non-hydrogen) atoms. The highest BCUT2D eigenvalue weighted by atomic mass is 35.5. The molecule has 1 aromatic carbocycles. The SMILES string of the molecule is CCCCCCCCNC(=O)c1cc2c(Cl)cc(Cl)cc2[nH]1. The van der Waals surface area contributed by atoms with Crippen LogP contribution in [-0.4, -0.2) is 17.4 Å². The van der Waals surface area contributed by atoms with Crippen LogP contribution in [0.4, 0.5) is 0 Å². The molecule has 1 amide bonds. The molecule has 0 saturated carbocycles. The summed E-state index contributed by atoms with van der Waals surface area (Å²) in [4.78, 5) is 15.2. The third-order valence-electron chi connectivity index (χ3n) is 3.71. The van der Waals surface area contributed by atoms with Crippen molar-refractivity contribution in [2.45, 2.75) is 45.4 Å². The van der Waals surface area contributed by atoms with E-state index in [0.717, 1.165) is 23.7 Å². The minimum atomic E-state index is -0.100. The number of rotatable bonds is 8. The van der Waals surface area contributed by atoms with Crippen molar-refractivity contribution in [2.75, 3.05) is 6.54 Å². The van der Waals surface area contributed by atoms with Crippen LogP contribution in [0.1, 0.15) is 55.9 Å². The zero-order valence-corrected chi connectivity index (χ0v) is 14.4. The summed E-state index contributed by atoms with van der Waals surface area (Å²) in [6, 6.07) is 5.22. The molecule has 0 saturated heterocycles. The third kappa shape index (κ3) is 4.65. The Morgan fingerprint density at radius 1 is 1.09 bits per heavy atom. The maximum absolute atomic E-state index is 12.1. The van der Waals surface area contributed by atoms with Crippen LogP contribution in [0.25, 0.3) is 10.9 Å². The standard InChI is InChI=1S/C17H22Cl2N2O/c1-2-3-4-5-6-7-8-20-17(22)16-11-13-14(19)9-12(18)10-15(13)21-16/h9-11,21H,2-8H2,1H3,(H,20,22). The van der Waals surface area contributed by atoms with Gasteiger partial charge in [-0.3, -0.25) is 4.79 Å². The van der Waals surface area contributed by atoms with Gasteiger partial charge in [0.15, 0.2) is 0 Å². The van der Waals surface area contributed by atoms with Crippen molar-refractivity contribution in [1.29, 1.82) is 0 Å². The van der Waals surface area contributed by atoms with Gasteiger partial charge in [-0.15, -0.1) is 0 Å². The number of amides is 1. The number of fused-ring (bicyclic) bond motifs is 1. The number of carbonyl (C=O) groups is 1. The van der Waals surface area contributed by atoms with Gasteiger partial charge in [0.05, 0.1) is 5.02 Å². The Morgan fingerprint density at radius 2 is 1.82 bits per heavy atom. The van der Waals surface area contributed by atoms with E-state index in [4.69, 9.17) is 23.2 Å². The minimum absolute atomic E-state index is 0.100. The monoisotopic (exact) mass is 340 g/mol. The lowest BCUT2D eigenvalue weighted by Crippen LogP contribution is -2.24. The number of nitrogens with one attached hydrogen (secondary N) is 2. The fraction of sp³-hybridized carbons (Fsp3) is 0.471. The van der Waals surface area contributed by atoms with Crippen molar-refractivity contribution in [2.24, 2.45) is 0 Å². The molecule has 0 atom stereocenters. The summed E-state index contributed by atoms with van der Waals surface area (Å²) in [5.74, 6) is -0.100. The number of hydrogen-bond acceptors (Lipinski definition) is 1. The van der Waals surface area contributed by atoms with E-state index in [1.54, 1.807) is 18.2 Å². The number of hydrogen-bond donors (Lipinski definition) is 2. The van der Waals surface area contributed by atoms with Crippen LogP contribution in [-0.2, 0) is 0 Å². The molecule has 1 heterocycles. The second kappa shape index (κ2) is 8.44. The van der Waals surface area contributed by atoms with Crippen molar-refractivity contribution in [3.8, 4) is 0 Å². The number of H-pyrrole nitrogens is 1. The second-order valence-electron chi connectivity index (χ2n) is 5.56. The quantitative estimate of drug-likeness (QED) is 0.606. The fourth-order valence-electron chi connectivity index (χ4n) is 2.49. The molecule has 0 aliphatic heterocycles. The first-order valence-electron chi connectivity index (χ1n) is 7.87. The Kier molecular flexibility index (Phi) is 6.59. The second-order valence-corrected chi connectivity index (χ2v) is 6.40. The fourth-order valence-corrected chi connectivity index (χ4v) is 3.03. The Bertz CT molecular complexity index is 637. The lowest BCUT2D eigenvalue weighted by molar-refractivity contribution is 0.0949. The maximum Gasteiger partial charge on any atom is 0.267 e. The average Bonchev–Trinajstić information content (AvgIpc) is 2.90. The number of aromatic amines is 1. The molecule has 0 radical (unpaired) electrons. The number of aromatic nitrogens is 1. The van der Waals surface area contributed by atoms with Gasteiger partial charge in [0.2, 0.25) is 0 Å². The van der Waals surface area contributed by atoms with Crippen molar-refractivity contribution in [1.82, 2.24) is 10.3 Å². The topological polar surface area (TPSA) is 44.9 Å². The predicted octanol–water partition coefficient (Wildman–Crippen LogP) is 5.57. The van der Waals surface area contributed by atoms with Gasteiger partial charge in [-0.25, -0.2) is 0 Å². The van der Waals surface area contributed by atoms with Crippen LogP contribution in [0.15, 0.2) is 18.2 Å². The number of carbonyl (C=O) groups excluding carboxylic acids is 1. The van der Waals surface area contributed by atoms with E-state index >= 15 is 0 Å². The molecule has 0 spiro atoms. The van der Waals surface area contributed by atoms with Gasteiger partial charge in [-0.1, -0.05) is 62.2 Å². The van der Waals surface area contributed by atoms with Crippen LogP contribution in [0.2, 0.25) is 10.0 Å². The molecule has 0 fully saturated rings. The number of benzene rings is 1. The van der Waals surface area contributed by atoms with Gasteiger partial charge < -0.3 is 10.3 Å². The van der Waals surface area contributed by atoms with Crippen molar-refractivity contribution >= 4 is 40.0 Å². The summed E-state index contributed by atoms with van der Waals surface area (Å²) < 4.78 is 0. The van der Waals surface area contributed by atoms with Gasteiger partial charge >= 0.3 is 0 Å². The van der Waals surface area contributed by atoms with Crippen molar-refractivity contribution in [3.05, 3.63) is 33.9 Å². The molecule has 3 nitrogen and oxygen atoms in total. The van der Waals surface area contributed by atoms with Gasteiger partial charge in [0.1, 0.15) is 5.69 Å². The van der Waals surface area contributed by atoms with Crippen LogP contribution in [0.5, 0.6) is 0 Å². The van der Waals surface area contributed by atoms with E-state index in [2.05, 4.69) is 17.2 Å². The van der Waals surface area contributed by atoms with Crippen LogP contribution in [0, 0.1) is 0 Å². The lowest BCUT2D eigenvalue weighted by atomic mass is 10.1. The first-order valence-corrected chi connectivity index (χ1v) is 8.63. The van der Waals surface area contributed by atoms with Gasteiger partial charge in [-0.05, 0) is 24.6 Å². The highest BCUT2D eigenvalue weighted by Gasteiger charge is 2.11. The Balaban J connectivity index is 1.84. The van der Waals surface area contributed by atoms with Crippen LogP contribution >= 0.6 is 23.2 Å². The molecule has 0 aliphatic rings. The highest BCUT2D eigenvalue weighted by Crippen LogP contribution is 2.28. The molecule has 2 N–H and O–H groups in total. The molecule has 0 aliphatic carbocycles. The molecule has 5 heteroatoms. The number of unbranched alkanes of at least 4 members (excludes halogenated alkanes) is 5. The largest absolute Gasteiger partial charge is 0.351 e. The lowest BCUT2D eigenvalue weighted by Gasteiger charge is -2.03. The summed E-state index contributed by atoms with van der Waals surface area (Å²) in [7, 11) is 0. The van der Waals surface area contributed by atoms with E-state index in [9.17, 15) is 4.79 Å². The molecule has 1 aromatic heterocycles. The summed E-state index contributed by atoms with van der Waals surface area (Å²) in [6.45, 7) is 2.91. The zero-order chi connectivity index (χ0) is 15.9. The summed E-state index contributed by atoms with van der Waals surface area (Å²) >= 11 is 12.1. The first-order chi connectivity index (χ1) is 10.6. The van der Waals surface area contributed by atoms with Gasteiger partial charge in [-0.2, -0.15) is 0 Å². The summed E-state index contributed by atoms with van der Waals surface area (Å²) in [5, 5.41) is 4.86. The Hall–Kier alpha value is -1.19. The molecular formula is C17H22Cl2N2O. The van der Waals surface area contributed by atoms with E-state index < -0.39 is 0 Å². The van der Waals surface area contributed by atoms with E-state index in [1.807, 2.05) is 0 Å². The van der Waals surface area contributed by atoms with Crippen LogP contribution in [0.3, 0.4) is 0 Å². The van der Waals surface area contributed by atoms with Crippen molar-refractivity contribution in [3.63, 3.8) is 0 Å². The minimum Gasteiger partial charge on any atom is -0.351 e. The summed E-state index contributed by atoms with van der Waals surface area (Å²) in [6.07, 6.45) is 7.25. The van der Waals surface area contributed by atoms with E-state index in [-0.39, 0.29) is 5.91 Å². The smallest absolute Gasteiger partial charge is 0.267 e. The van der Waals surface area contributed by atoms with Gasteiger partial charge in [0.25, 0.3) is 5.91 Å². The normalized spacial score (nSPS) is 11.0. The molecule has 2 aromatic rings. The molecule has 0 unspecified atom stereocenters. The van der Waals surface area contributed by atoms with E-state index in [0.29, 0.717) is 22.3 Å². The Morgan fingerprint density at radius 3 is 2.59 bits per heavy atom. The maximum atomic E-state index is 12.1. The zero-order valence-electron chi connectivity index (χ0n) is 12.8. The summed E-state index contributed by atoms with van der Waals surface area (Å²) in [5.41, 5.74) is 1.30. The third-order valence-corrected chi connectivity index (χ3v) is 4.24. The van der Waals surface area contributed by atoms with Crippen molar-refractivity contribution < 1.29 is 4.79 Å². The number of halogens is 2. The average molecular weight is 341 g/mol. The van der Waals surface area contributed by atoms with E-state index in [1.165, 1.54) is 25.7 Å². The van der Waals surface area contributed by atoms with Gasteiger partial charge in [0, 0.05) is 22.5 Å². The molecule has 120 valence electrons. The highest BCUT2D eigenvalue weighted by molar-refractivity contribution is 6.38.